The van der Waals surface area contributed by atoms with Crippen LogP contribution in [0, 0.1) is 6.92 Å². The van der Waals surface area contributed by atoms with E-state index in [9.17, 15) is 9.59 Å². The number of hydrogen-bond donors (Lipinski definition) is 1. The zero-order valence-electron chi connectivity index (χ0n) is 15.0. The van der Waals surface area contributed by atoms with E-state index in [2.05, 4.69) is 10.2 Å². The molecule has 2 heterocycles. The van der Waals surface area contributed by atoms with Crippen LogP contribution in [0.5, 0.6) is 0 Å². The van der Waals surface area contributed by atoms with E-state index in [1.807, 2.05) is 43.0 Å². The van der Waals surface area contributed by atoms with Crippen molar-refractivity contribution in [2.24, 2.45) is 0 Å². The maximum Gasteiger partial charge on any atom is 0.251 e. The molecule has 2 amide bonds. The Morgan fingerprint density at radius 1 is 1.24 bits per heavy atom. The van der Waals surface area contributed by atoms with Crippen molar-refractivity contribution in [3.05, 3.63) is 29.8 Å². The Labute approximate surface area is 149 Å². The minimum Gasteiger partial charge on any atom is -0.368 e. The van der Waals surface area contributed by atoms with Gasteiger partial charge in [-0.15, -0.1) is 0 Å². The third kappa shape index (κ3) is 4.38. The SMILES string of the molecule is Cc1cccc(NC(=O)[C@H](C)N2CCN(C(=O)[C@H]3CCCO3)CC2)c1. The minimum atomic E-state index is -0.256. The first-order chi connectivity index (χ1) is 12.0. The first kappa shape index (κ1) is 17.9. The van der Waals surface area contributed by atoms with E-state index in [0.717, 1.165) is 24.1 Å². The highest BCUT2D eigenvalue weighted by molar-refractivity contribution is 5.94. The molecular formula is C19H27N3O3. The van der Waals surface area contributed by atoms with Crippen molar-refractivity contribution in [2.75, 3.05) is 38.1 Å². The Hall–Kier alpha value is -1.92. The van der Waals surface area contributed by atoms with E-state index in [4.69, 9.17) is 4.74 Å². The van der Waals surface area contributed by atoms with Crippen LogP contribution >= 0.6 is 0 Å². The average molecular weight is 345 g/mol. The van der Waals surface area contributed by atoms with Crippen molar-refractivity contribution < 1.29 is 14.3 Å². The monoisotopic (exact) mass is 345 g/mol. The molecule has 136 valence electrons. The number of benzene rings is 1. The largest absolute Gasteiger partial charge is 0.368 e. The Bertz CT molecular complexity index is 620. The van der Waals surface area contributed by atoms with Crippen molar-refractivity contribution in [3.8, 4) is 0 Å². The van der Waals surface area contributed by atoms with Crippen LogP contribution in [0.25, 0.3) is 0 Å². The Balaban J connectivity index is 1.49. The van der Waals surface area contributed by atoms with E-state index < -0.39 is 0 Å². The number of aryl methyl sites for hydroxylation is 1. The lowest BCUT2D eigenvalue weighted by Crippen LogP contribution is -2.55. The lowest BCUT2D eigenvalue weighted by atomic mass is 10.1. The van der Waals surface area contributed by atoms with Crippen LogP contribution in [0.4, 0.5) is 5.69 Å². The van der Waals surface area contributed by atoms with Crippen LogP contribution in [-0.4, -0.2) is 66.5 Å². The summed E-state index contributed by atoms with van der Waals surface area (Å²) in [7, 11) is 0. The fourth-order valence-corrected chi connectivity index (χ4v) is 3.44. The molecule has 0 aromatic heterocycles. The predicted molar refractivity (Wildman–Crippen MR) is 96.4 cm³/mol. The van der Waals surface area contributed by atoms with Gasteiger partial charge in [0.2, 0.25) is 5.91 Å². The molecule has 0 saturated carbocycles. The van der Waals surface area contributed by atoms with Crippen LogP contribution in [0.15, 0.2) is 24.3 Å². The fourth-order valence-electron chi connectivity index (χ4n) is 3.44. The third-order valence-corrected chi connectivity index (χ3v) is 5.04. The number of hydrogen-bond acceptors (Lipinski definition) is 4. The quantitative estimate of drug-likeness (QED) is 0.901. The van der Waals surface area contributed by atoms with E-state index in [1.54, 1.807) is 0 Å². The molecular weight excluding hydrogens is 318 g/mol. The van der Waals surface area contributed by atoms with Crippen LogP contribution in [0.2, 0.25) is 0 Å². The van der Waals surface area contributed by atoms with Gasteiger partial charge in [-0.25, -0.2) is 0 Å². The molecule has 0 radical (unpaired) electrons. The summed E-state index contributed by atoms with van der Waals surface area (Å²) in [6, 6.07) is 7.58. The summed E-state index contributed by atoms with van der Waals surface area (Å²) in [4.78, 5) is 28.9. The molecule has 0 aliphatic carbocycles. The molecule has 1 aromatic carbocycles. The number of rotatable bonds is 4. The lowest BCUT2D eigenvalue weighted by Gasteiger charge is -2.38. The second-order valence-electron chi connectivity index (χ2n) is 6.90. The highest BCUT2D eigenvalue weighted by Crippen LogP contribution is 2.17. The minimum absolute atomic E-state index is 0.00972. The normalized spacial score (nSPS) is 22.6. The number of carbonyl (C=O) groups excluding carboxylic acids is 2. The summed E-state index contributed by atoms with van der Waals surface area (Å²) in [6.45, 7) is 7.34. The number of anilines is 1. The molecule has 1 aromatic rings. The van der Waals surface area contributed by atoms with Gasteiger partial charge in [0.25, 0.3) is 5.91 Å². The number of piperazine rings is 1. The molecule has 1 N–H and O–H groups in total. The van der Waals surface area contributed by atoms with Crippen molar-refractivity contribution >= 4 is 17.5 Å². The van der Waals surface area contributed by atoms with Gasteiger partial charge in [-0.1, -0.05) is 12.1 Å². The molecule has 2 fully saturated rings. The Kier molecular flexibility index (Phi) is 5.71. The maximum atomic E-state index is 12.5. The summed E-state index contributed by atoms with van der Waals surface area (Å²) in [5, 5.41) is 2.98. The summed E-state index contributed by atoms with van der Waals surface area (Å²) in [5.74, 6) is 0.0959. The third-order valence-electron chi connectivity index (χ3n) is 5.04. The second kappa shape index (κ2) is 7.97. The van der Waals surface area contributed by atoms with E-state index in [0.29, 0.717) is 32.8 Å². The van der Waals surface area contributed by atoms with Crippen molar-refractivity contribution in [3.63, 3.8) is 0 Å². The Morgan fingerprint density at radius 3 is 2.64 bits per heavy atom. The topological polar surface area (TPSA) is 61.9 Å². The van der Waals surface area contributed by atoms with Gasteiger partial charge in [0.05, 0.1) is 6.04 Å². The summed E-state index contributed by atoms with van der Waals surface area (Å²) >= 11 is 0. The van der Waals surface area contributed by atoms with Crippen LogP contribution in [0.3, 0.4) is 0 Å². The van der Waals surface area contributed by atoms with Gasteiger partial charge in [0.1, 0.15) is 6.10 Å². The van der Waals surface area contributed by atoms with Gasteiger partial charge < -0.3 is 15.0 Å². The highest BCUT2D eigenvalue weighted by Gasteiger charge is 2.32. The van der Waals surface area contributed by atoms with Crippen LogP contribution < -0.4 is 5.32 Å². The molecule has 0 spiro atoms. The maximum absolute atomic E-state index is 12.5. The lowest BCUT2D eigenvalue weighted by molar-refractivity contribution is -0.143. The van der Waals surface area contributed by atoms with Gasteiger partial charge in [-0.3, -0.25) is 14.5 Å². The number of nitrogens with zero attached hydrogens (tertiary/aromatic N) is 2. The van der Waals surface area contributed by atoms with E-state index in [-0.39, 0.29) is 24.0 Å². The zero-order chi connectivity index (χ0) is 17.8. The molecule has 0 bridgehead atoms. The smallest absolute Gasteiger partial charge is 0.251 e. The number of carbonyl (C=O) groups is 2. The van der Waals surface area contributed by atoms with Crippen molar-refractivity contribution in [2.45, 2.75) is 38.8 Å². The molecule has 2 aliphatic heterocycles. The van der Waals surface area contributed by atoms with E-state index >= 15 is 0 Å². The Morgan fingerprint density at radius 2 is 2.00 bits per heavy atom. The summed E-state index contributed by atoms with van der Waals surface area (Å²) in [5.41, 5.74) is 1.94. The molecule has 6 heteroatoms. The molecule has 0 unspecified atom stereocenters. The van der Waals surface area contributed by atoms with Gasteiger partial charge in [-0.05, 0) is 44.4 Å². The number of amides is 2. The number of nitrogens with one attached hydrogen (secondary N) is 1. The molecule has 25 heavy (non-hydrogen) atoms. The molecule has 2 aliphatic rings. The summed E-state index contributed by atoms with van der Waals surface area (Å²) in [6.07, 6.45) is 1.54. The van der Waals surface area contributed by atoms with Gasteiger partial charge in [-0.2, -0.15) is 0 Å². The first-order valence-electron chi connectivity index (χ1n) is 9.06. The first-order valence-corrected chi connectivity index (χ1v) is 9.06. The average Bonchev–Trinajstić information content (AvgIpc) is 3.15. The number of ether oxygens (including phenoxy) is 1. The second-order valence-corrected chi connectivity index (χ2v) is 6.90. The highest BCUT2D eigenvalue weighted by atomic mass is 16.5. The van der Waals surface area contributed by atoms with Crippen LogP contribution in [0.1, 0.15) is 25.3 Å². The van der Waals surface area contributed by atoms with Gasteiger partial charge >= 0.3 is 0 Å². The molecule has 6 nitrogen and oxygen atoms in total. The van der Waals surface area contributed by atoms with Crippen molar-refractivity contribution in [1.29, 1.82) is 0 Å². The fraction of sp³-hybridized carbons (Fsp3) is 0.579. The zero-order valence-corrected chi connectivity index (χ0v) is 15.0. The molecule has 2 saturated heterocycles. The van der Waals surface area contributed by atoms with Gasteiger partial charge in [0, 0.05) is 38.5 Å². The summed E-state index contributed by atoms with van der Waals surface area (Å²) < 4.78 is 5.49. The predicted octanol–water partition coefficient (Wildman–Crippen LogP) is 1.65. The standard InChI is InChI=1S/C19H27N3O3/c1-14-5-3-6-16(13-14)20-18(23)15(2)21-8-10-22(11-9-21)19(24)17-7-4-12-25-17/h3,5-6,13,15,17H,4,7-12H2,1-2H3,(H,20,23)/t15-,17+/m0/s1. The van der Waals surface area contributed by atoms with Crippen molar-refractivity contribution in [1.82, 2.24) is 9.80 Å². The van der Waals surface area contributed by atoms with Gasteiger partial charge in [0.15, 0.2) is 0 Å². The van der Waals surface area contributed by atoms with E-state index in [1.165, 1.54) is 0 Å². The molecule has 2 atom stereocenters. The van der Waals surface area contributed by atoms with Crippen LogP contribution in [-0.2, 0) is 14.3 Å². The molecule has 3 rings (SSSR count).